The maximum Gasteiger partial charge on any atom is 0.265 e. The summed E-state index contributed by atoms with van der Waals surface area (Å²) in [6.07, 6.45) is -0.484. The molecule has 3 aromatic heterocycles. The fraction of sp³-hybridized carbons (Fsp3) is 0.429. The molecule has 0 unspecified atom stereocenters. The first-order valence-electron chi connectivity index (χ1n) is 10.2. The van der Waals surface area contributed by atoms with Gasteiger partial charge in [-0.1, -0.05) is 0 Å². The van der Waals surface area contributed by atoms with E-state index >= 15 is 0 Å². The first kappa shape index (κ1) is 22.9. The number of hydrogen-bond donors (Lipinski definition) is 3. The Bertz CT molecular complexity index is 1160. The van der Waals surface area contributed by atoms with Gasteiger partial charge in [0, 0.05) is 11.8 Å². The Kier molecular flexibility index (Phi) is 6.21. The second-order valence-electron chi connectivity index (χ2n) is 8.33. The number of fused-ring (bicyclic) bond motifs is 1. The quantitative estimate of drug-likeness (QED) is 0.469. The third-order valence-electron chi connectivity index (χ3n) is 5.25. The van der Waals surface area contributed by atoms with Crippen molar-refractivity contribution < 1.29 is 27.8 Å². The smallest absolute Gasteiger partial charge is 0.265 e. The SMILES string of the molecule is CC(C)(O)[C@H](F)CNC(=O)c1cnc(-c2cnc3cc(C(F)F)cnn23)cc1NC1COC1. The summed E-state index contributed by atoms with van der Waals surface area (Å²) in [6.45, 7) is 3.17. The van der Waals surface area contributed by atoms with Crippen LogP contribution >= 0.6 is 0 Å². The minimum atomic E-state index is -2.67. The summed E-state index contributed by atoms with van der Waals surface area (Å²) in [5, 5.41) is 19.4. The summed E-state index contributed by atoms with van der Waals surface area (Å²) in [6, 6.07) is 2.83. The molecule has 33 heavy (non-hydrogen) atoms. The molecular formula is C21H23F3N6O3. The number of halogens is 3. The number of alkyl halides is 3. The number of imidazole rings is 1. The Balaban J connectivity index is 1.64. The summed E-state index contributed by atoms with van der Waals surface area (Å²) in [7, 11) is 0. The number of nitrogens with one attached hydrogen (secondary N) is 2. The van der Waals surface area contributed by atoms with Crippen LogP contribution in [0.3, 0.4) is 0 Å². The van der Waals surface area contributed by atoms with E-state index in [2.05, 4.69) is 25.7 Å². The number of carbonyl (C=O) groups is 1. The van der Waals surface area contributed by atoms with E-state index in [0.29, 0.717) is 30.3 Å². The molecule has 176 valence electrons. The summed E-state index contributed by atoms with van der Waals surface area (Å²) in [5.41, 5.74) is -0.160. The van der Waals surface area contributed by atoms with Gasteiger partial charge in [0.1, 0.15) is 11.9 Å². The molecule has 9 nitrogen and oxygen atoms in total. The number of ether oxygens (including phenoxy) is 1. The lowest BCUT2D eigenvalue weighted by Crippen LogP contribution is -2.43. The lowest BCUT2D eigenvalue weighted by atomic mass is 10.0. The molecular weight excluding hydrogens is 441 g/mol. The highest BCUT2D eigenvalue weighted by molar-refractivity contribution is 6.00. The molecule has 1 amide bonds. The van der Waals surface area contributed by atoms with Crippen molar-refractivity contribution in [3.63, 3.8) is 0 Å². The van der Waals surface area contributed by atoms with Gasteiger partial charge in [-0.2, -0.15) is 5.10 Å². The van der Waals surface area contributed by atoms with E-state index in [-0.39, 0.29) is 29.4 Å². The Labute approximate surface area is 187 Å². The molecule has 0 aromatic carbocycles. The van der Waals surface area contributed by atoms with Crippen molar-refractivity contribution in [2.24, 2.45) is 0 Å². The van der Waals surface area contributed by atoms with Crippen LogP contribution < -0.4 is 10.6 Å². The zero-order chi connectivity index (χ0) is 23.8. The molecule has 1 atom stereocenters. The Morgan fingerprint density at radius 3 is 2.64 bits per heavy atom. The normalized spacial score (nSPS) is 15.5. The average molecular weight is 464 g/mol. The maximum absolute atomic E-state index is 14.1. The molecule has 1 aliphatic rings. The third-order valence-corrected chi connectivity index (χ3v) is 5.25. The van der Waals surface area contributed by atoms with Crippen LogP contribution in [0.1, 0.15) is 36.2 Å². The zero-order valence-corrected chi connectivity index (χ0v) is 17.9. The van der Waals surface area contributed by atoms with E-state index in [1.165, 1.54) is 36.8 Å². The van der Waals surface area contributed by atoms with Crippen molar-refractivity contribution in [3.05, 3.63) is 41.9 Å². The number of rotatable bonds is 8. The van der Waals surface area contributed by atoms with Crippen LogP contribution in [-0.4, -0.2) is 68.2 Å². The molecule has 1 fully saturated rings. The molecule has 0 saturated carbocycles. The van der Waals surface area contributed by atoms with Gasteiger partial charge < -0.3 is 20.5 Å². The predicted molar refractivity (Wildman–Crippen MR) is 113 cm³/mol. The fourth-order valence-electron chi connectivity index (χ4n) is 3.15. The molecule has 12 heteroatoms. The van der Waals surface area contributed by atoms with Crippen molar-refractivity contribution in [3.8, 4) is 11.4 Å². The summed E-state index contributed by atoms with van der Waals surface area (Å²) >= 11 is 0. The zero-order valence-electron chi connectivity index (χ0n) is 17.9. The topological polar surface area (TPSA) is 114 Å². The number of amides is 1. The van der Waals surface area contributed by atoms with Crippen LogP contribution in [0.5, 0.6) is 0 Å². The molecule has 3 N–H and O–H groups in total. The van der Waals surface area contributed by atoms with Crippen molar-refractivity contribution >= 4 is 17.2 Å². The highest BCUT2D eigenvalue weighted by Gasteiger charge is 2.28. The van der Waals surface area contributed by atoms with Crippen LogP contribution in [0.2, 0.25) is 0 Å². The molecule has 0 aliphatic carbocycles. The van der Waals surface area contributed by atoms with Gasteiger partial charge in [0.05, 0.1) is 60.7 Å². The Morgan fingerprint density at radius 1 is 1.24 bits per heavy atom. The van der Waals surface area contributed by atoms with E-state index in [1.54, 1.807) is 6.07 Å². The highest BCUT2D eigenvalue weighted by Crippen LogP contribution is 2.27. The lowest BCUT2D eigenvalue weighted by Gasteiger charge is -2.29. The van der Waals surface area contributed by atoms with Gasteiger partial charge in [0.2, 0.25) is 0 Å². The Morgan fingerprint density at radius 2 is 2.00 bits per heavy atom. The molecule has 0 radical (unpaired) electrons. The van der Waals surface area contributed by atoms with E-state index in [1.807, 2.05) is 0 Å². The first-order valence-corrected chi connectivity index (χ1v) is 10.2. The molecule has 0 bridgehead atoms. The van der Waals surface area contributed by atoms with E-state index < -0.39 is 24.1 Å². The van der Waals surface area contributed by atoms with Gasteiger partial charge in [-0.05, 0) is 26.0 Å². The van der Waals surface area contributed by atoms with Crippen LogP contribution in [0.25, 0.3) is 17.0 Å². The Hall–Kier alpha value is -3.25. The predicted octanol–water partition coefficient (Wildman–Crippen LogP) is 2.38. The number of aromatic nitrogens is 4. The average Bonchev–Trinajstić information content (AvgIpc) is 3.16. The number of nitrogens with zero attached hydrogens (tertiary/aromatic N) is 4. The van der Waals surface area contributed by atoms with Crippen LogP contribution in [0.4, 0.5) is 18.9 Å². The van der Waals surface area contributed by atoms with Gasteiger partial charge in [0.15, 0.2) is 5.65 Å². The summed E-state index contributed by atoms with van der Waals surface area (Å²) in [5.74, 6) is -0.568. The standard InChI is InChI=1S/C21H23F3N6O3/c1-21(2,32)17(22)8-27-20(31)13-6-25-15(4-14(13)29-12-9-33-10-12)16-7-26-18-3-11(19(23)24)5-28-30(16)18/h3-7,12,17,19,32H,8-10H2,1-2H3,(H,25,29)(H,27,31)/t17-/m1/s1. The van der Waals surface area contributed by atoms with E-state index in [0.717, 1.165) is 6.20 Å². The molecule has 1 aliphatic heterocycles. The number of carbonyl (C=O) groups excluding carboxylic acids is 1. The second-order valence-corrected chi connectivity index (χ2v) is 8.33. The minimum Gasteiger partial charge on any atom is -0.387 e. The molecule has 0 spiro atoms. The number of hydrogen-bond acceptors (Lipinski definition) is 7. The monoisotopic (exact) mass is 464 g/mol. The van der Waals surface area contributed by atoms with Gasteiger partial charge in [0.25, 0.3) is 12.3 Å². The van der Waals surface area contributed by atoms with Gasteiger partial charge in [-0.25, -0.2) is 22.7 Å². The van der Waals surface area contributed by atoms with Gasteiger partial charge in [-0.15, -0.1) is 0 Å². The summed E-state index contributed by atoms with van der Waals surface area (Å²) < 4.78 is 46.5. The van der Waals surface area contributed by atoms with Crippen LogP contribution in [0, 0.1) is 0 Å². The van der Waals surface area contributed by atoms with Gasteiger partial charge >= 0.3 is 0 Å². The van der Waals surface area contributed by atoms with Crippen LogP contribution in [-0.2, 0) is 4.74 Å². The van der Waals surface area contributed by atoms with Gasteiger partial charge in [-0.3, -0.25) is 9.78 Å². The lowest BCUT2D eigenvalue weighted by molar-refractivity contribution is -0.00178. The number of anilines is 1. The van der Waals surface area contributed by atoms with E-state index in [9.17, 15) is 23.1 Å². The summed E-state index contributed by atoms with van der Waals surface area (Å²) in [4.78, 5) is 21.2. The fourth-order valence-corrected chi connectivity index (χ4v) is 3.15. The third kappa shape index (κ3) is 4.91. The molecule has 4 rings (SSSR count). The van der Waals surface area contributed by atoms with Crippen molar-refractivity contribution in [1.29, 1.82) is 0 Å². The second kappa shape index (κ2) is 8.94. The largest absolute Gasteiger partial charge is 0.387 e. The van der Waals surface area contributed by atoms with Crippen LogP contribution in [0.15, 0.2) is 30.7 Å². The molecule has 4 heterocycles. The van der Waals surface area contributed by atoms with Crippen molar-refractivity contribution in [1.82, 2.24) is 24.9 Å². The van der Waals surface area contributed by atoms with E-state index in [4.69, 9.17) is 4.74 Å². The highest BCUT2D eigenvalue weighted by atomic mass is 19.3. The number of pyridine rings is 1. The molecule has 3 aromatic rings. The van der Waals surface area contributed by atoms with Crippen molar-refractivity contribution in [2.45, 2.75) is 38.1 Å². The molecule has 1 saturated heterocycles. The maximum atomic E-state index is 14.1. The van der Waals surface area contributed by atoms with Crippen molar-refractivity contribution in [2.75, 3.05) is 25.1 Å². The minimum absolute atomic E-state index is 0.0222. The number of aliphatic hydroxyl groups is 1. The first-order chi connectivity index (χ1) is 15.6.